The molecule has 1 aliphatic rings. The summed E-state index contributed by atoms with van der Waals surface area (Å²) in [5.41, 5.74) is 4.02. The van der Waals surface area contributed by atoms with Crippen LogP contribution in [0.2, 0.25) is 0 Å². The Morgan fingerprint density at radius 3 is 2.35 bits per heavy atom. The van der Waals surface area contributed by atoms with Crippen molar-refractivity contribution >= 4 is 11.6 Å². The maximum atomic E-state index is 13.0. The number of ether oxygens (including phenoxy) is 2. The predicted molar refractivity (Wildman–Crippen MR) is 117 cm³/mol. The lowest BCUT2D eigenvalue weighted by Crippen LogP contribution is -2.38. The van der Waals surface area contributed by atoms with Gasteiger partial charge in [0.1, 0.15) is 11.5 Å². The number of likely N-dealkylation sites (tertiary alicyclic amines) is 1. The molecule has 0 radical (unpaired) electrons. The number of fused-ring (bicyclic) bond motifs is 1. The minimum absolute atomic E-state index is 0.0475. The molecule has 3 heterocycles. The molecule has 0 bridgehead atoms. The molecule has 31 heavy (non-hydrogen) atoms. The fourth-order valence-electron chi connectivity index (χ4n) is 4.34. The molecule has 2 aromatic heterocycles. The number of aromatic amines is 1. The van der Waals surface area contributed by atoms with Crippen molar-refractivity contribution in [2.24, 2.45) is 0 Å². The second-order valence-electron chi connectivity index (χ2n) is 7.91. The second kappa shape index (κ2) is 8.45. The summed E-state index contributed by atoms with van der Waals surface area (Å²) in [4.78, 5) is 32.3. The van der Waals surface area contributed by atoms with Gasteiger partial charge in [-0.2, -0.15) is 0 Å². The third-order valence-corrected chi connectivity index (χ3v) is 6.09. The van der Waals surface area contributed by atoms with Crippen LogP contribution in [0.15, 0.2) is 29.1 Å². The van der Waals surface area contributed by atoms with Crippen molar-refractivity contribution in [3.63, 3.8) is 0 Å². The van der Waals surface area contributed by atoms with Crippen LogP contribution in [0.5, 0.6) is 11.5 Å². The highest BCUT2D eigenvalue weighted by Crippen LogP contribution is 2.29. The van der Waals surface area contributed by atoms with Crippen LogP contribution >= 0.6 is 0 Å². The fraction of sp³-hybridized carbons (Fsp3) is 0.435. The molecule has 0 unspecified atom stereocenters. The zero-order chi connectivity index (χ0) is 22.1. The summed E-state index contributed by atoms with van der Waals surface area (Å²) < 4.78 is 12.1. The van der Waals surface area contributed by atoms with Crippen molar-refractivity contribution < 1.29 is 14.3 Å². The zero-order valence-electron chi connectivity index (χ0n) is 18.4. The molecule has 8 heteroatoms. The predicted octanol–water partition coefficient (Wildman–Crippen LogP) is 2.93. The number of carbonyl (C=O) groups is 1. The standard InChI is InChI=1S/C23H28N4O4/c1-5-19-14(2)25-27-21(28)13-20(24-22(19)27)15-6-8-26(9-7-15)23(29)16-10-17(30-3)12-18(11-16)31-4/h10-13,15,25H,5-9H2,1-4H3. The number of hydrogen-bond acceptors (Lipinski definition) is 5. The highest BCUT2D eigenvalue weighted by Gasteiger charge is 2.27. The van der Waals surface area contributed by atoms with E-state index in [1.54, 1.807) is 38.5 Å². The van der Waals surface area contributed by atoms with Gasteiger partial charge >= 0.3 is 0 Å². The molecule has 3 aromatic rings. The first kappa shape index (κ1) is 21.0. The van der Waals surface area contributed by atoms with Gasteiger partial charge in [-0.05, 0) is 38.3 Å². The molecule has 1 saturated heterocycles. The number of hydrogen-bond donors (Lipinski definition) is 1. The lowest BCUT2D eigenvalue weighted by Gasteiger charge is -2.32. The number of aromatic nitrogens is 3. The van der Waals surface area contributed by atoms with Crippen LogP contribution in [0.3, 0.4) is 0 Å². The maximum Gasteiger partial charge on any atom is 0.272 e. The van der Waals surface area contributed by atoms with Gasteiger partial charge in [-0.1, -0.05) is 6.92 Å². The summed E-state index contributed by atoms with van der Waals surface area (Å²) in [6.45, 7) is 5.24. The average molecular weight is 425 g/mol. The van der Waals surface area contributed by atoms with Gasteiger partial charge in [0, 0.05) is 48.0 Å². The van der Waals surface area contributed by atoms with Crippen LogP contribution in [0, 0.1) is 6.92 Å². The van der Waals surface area contributed by atoms with E-state index in [4.69, 9.17) is 14.5 Å². The molecule has 0 spiro atoms. The van der Waals surface area contributed by atoms with Gasteiger partial charge in [0.2, 0.25) is 0 Å². The van der Waals surface area contributed by atoms with Gasteiger partial charge in [-0.3, -0.25) is 14.7 Å². The quantitative estimate of drug-likeness (QED) is 0.680. The molecule has 1 aromatic carbocycles. The Kier molecular flexibility index (Phi) is 5.71. The van der Waals surface area contributed by atoms with E-state index in [-0.39, 0.29) is 17.4 Å². The molecule has 0 aliphatic carbocycles. The molecular weight excluding hydrogens is 396 g/mol. The molecule has 8 nitrogen and oxygen atoms in total. The SMILES string of the molecule is CCc1c(C)[nH]n2c(=O)cc(C3CCN(C(=O)c4cc(OC)cc(OC)c4)CC3)nc12. The average Bonchev–Trinajstić information content (AvgIpc) is 3.13. The fourth-order valence-corrected chi connectivity index (χ4v) is 4.34. The van der Waals surface area contributed by atoms with Crippen LogP contribution in [-0.4, -0.2) is 52.7 Å². The van der Waals surface area contributed by atoms with Crippen molar-refractivity contribution in [3.05, 3.63) is 57.1 Å². The van der Waals surface area contributed by atoms with Crippen molar-refractivity contribution in [2.75, 3.05) is 27.3 Å². The summed E-state index contributed by atoms with van der Waals surface area (Å²) >= 11 is 0. The largest absolute Gasteiger partial charge is 0.497 e. The van der Waals surface area contributed by atoms with Crippen molar-refractivity contribution in [2.45, 2.75) is 39.0 Å². The summed E-state index contributed by atoms with van der Waals surface area (Å²) in [5, 5.41) is 3.10. The normalized spacial score (nSPS) is 14.8. The first-order chi connectivity index (χ1) is 14.9. The maximum absolute atomic E-state index is 13.0. The van der Waals surface area contributed by atoms with Crippen LogP contribution in [0.1, 0.15) is 53.0 Å². The molecular formula is C23H28N4O4. The minimum atomic E-state index is -0.0928. The Balaban J connectivity index is 1.53. The molecule has 1 fully saturated rings. The number of nitrogens with one attached hydrogen (secondary N) is 1. The van der Waals surface area contributed by atoms with E-state index in [0.29, 0.717) is 35.8 Å². The summed E-state index contributed by atoms with van der Waals surface area (Å²) in [6, 6.07) is 6.83. The van der Waals surface area contributed by atoms with Crippen LogP contribution < -0.4 is 15.0 Å². The van der Waals surface area contributed by atoms with E-state index in [2.05, 4.69) is 12.0 Å². The third-order valence-electron chi connectivity index (χ3n) is 6.09. The van der Waals surface area contributed by atoms with Crippen molar-refractivity contribution in [3.8, 4) is 11.5 Å². The number of aryl methyl sites for hydroxylation is 2. The van der Waals surface area contributed by atoms with E-state index < -0.39 is 0 Å². The number of nitrogens with zero attached hydrogens (tertiary/aromatic N) is 3. The molecule has 164 valence electrons. The number of rotatable bonds is 5. The minimum Gasteiger partial charge on any atom is -0.497 e. The Bertz CT molecular complexity index is 1150. The molecule has 1 aliphatic heterocycles. The molecule has 1 N–H and O–H groups in total. The molecule has 0 saturated carbocycles. The third kappa shape index (κ3) is 3.89. The van der Waals surface area contributed by atoms with E-state index in [0.717, 1.165) is 36.2 Å². The monoisotopic (exact) mass is 424 g/mol. The summed E-state index contributed by atoms with van der Waals surface area (Å²) in [6.07, 6.45) is 2.34. The van der Waals surface area contributed by atoms with Crippen LogP contribution in [-0.2, 0) is 6.42 Å². The smallest absolute Gasteiger partial charge is 0.272 e. The number of piperidine rings is 1. The molecule has 4 rings (SSSR count). The summed E-state index contributed by atoms with van der Waals surface area (Å²) in [5.74, 6) is 1.28. The highest BCUT2D eigenvalue weighted by molar-refractivity contribution is 5.95. The van der Waals surface area contributed by atoms with Gasteiger partial charge in [0.15, 0.2) is 5.65 Å². The number of H-pyrrole nitrogens is 1. The van der Waals surface area contributed by atoms with Crippen molar-refractivity contribution in [1.82, 2.24) is 19.5 Å². The summed E-state index contributed by atoms with van der Waals surface area (Å²) in [7, 11) is 3.13. The zero-order valence-corrected chi connectivity index (χ0v) is 18.4. The Labute approximate surface area is 180 Å². The first-order valence-electron chi connectivity index (χ1n) is 10.6. The Morgan fingerprint density at radius 2 is 1.77 bits per heavy atom. The van der Waals surface area contributed by atoms with Crippen LogP contribution in [0.4, 0.5) is 0 Å². The number of methoxy groups -OCH3 is 2. The number of carbonyl (C=O) groups excluding carboxylic acids is 1. The van der Waals surface area contributed by atoms with Gasteiger partial charge in [-0.25, -0.2) is 9.50 Å². The van der Waals surface area contributed by atoms with E-state index in [1.165, 1.54) is 4.52 Å². The van der Waals surface area contributed by atoms with Gasteiger partial charge in [-0.15, -0.1) is 0 Å². The molecule has 1 amide bonds. The topological polar surface area (TPSA) is 88.9 Å². The molecule has 0 atom stereocenters. The van der Waals surface area contributed by atoms with Crippen molar-refractivity contribution in [1.29, 1.82) is 0 Å². The number of benzene rings is 1. The highest BCUT2D eigenvalue weighted by atomic mass is 16.5. The second-order valence-corrected chi connectivity index (χ2v) is 7.91. The first-order valence-corrected chi connectivity index (χ1v) is 10.6. The van der Waals surface area contributed by atoms with Gasteiger partial charge in [0.05, 0.1) is 19.9 Å². The lowest BCUT2D eigenvalue weighted by molar-refractivity contribution is 0.0711. The van der Waals surface area contributed by atoms with Crippen LogP contribution in [0.25, 0.3) is 5.65 Å². The van der Waals surface area contributed by atoms with Gasteiger partial charge < -0.3 is 14.4 Å². The lowest BCUT2D eigenvalue weighted by atomic mass is 9.93. The van der Waals surface area contributed by atoms with E-state index in [1.807, 2.05) is 11.8 Å². The van der Waals surface area contributed by atoms with Gasteiger partial charge in [0.25, 0.3) is 11.5 Å². The number of amides is 1. The Hall–Kier alpha value is -3.29. The Morgan fingerprint density at radius 1 is 1.13 bits per heavy atom. The van der Waals surface area contributed by atoms with E-state index >= 15 is 0 Å². The van der Waals surface area contributed by atoms with E-state index in [9.17, 15) is 9.59 Å².